The van der Waals surface area contributed by atoms with E-state index in [0.29, 0.717) is 27.2 Å². The van der Waals surface area contributed by atoms with E-state index in [1.165, 1.54) is 11.8 Å². The maximum absolute atomic E-state index is 12.5. The van der Waals surface area contributed by atoms with Crippen molar-refractivity contribution in [2.24, 2.45) is 0 Å². The van der Waals surface area contributed by atoms with Gasteiger partial charge in [-0.3, -0.25) is 4.79 Å². The average Bonchev–Trinajstić information content (AvgIpc) is 2.89. The van der Waals surface area contributed by atoms with Gasteiger partial charge in [-0.05, 0) is 44.5 Å². The maximum Gasteiger partial charge on any atom is 0.237 e. The van der Waals surface area contributed by atoms with Crippen LogP contribution in [0.3, 0.4) is 0 Å². The first-order valence-electron chi connectivity index (χ1n) is 8.00. The number of carbonyl (C=O) groups excluding carboxylic acids is 1. The van der Waals surface area contributed by atoms with Gasteiger partial charge in [-0.25, -0.2) is 9.97 Å². The van der Waals surface area contributed by atoms with Crippen LogP contribution in [0.1, 0.15) is 22.9 Å². The van der Waals surface area contributed by atoms with Gasteiger partial charge in [0.05, 0.1) is 21.2 Å². The van der Waals surface area contributed by atoms with E-state index in [0.717, 1.165) is 20.7 Å². The number of aryl methyl sites for hydroxylation is 2. The molecule has 0 aliphatic heterocycles. The molecule has 2 heterocycles. The number of fused-ring (bicyclic) bond motifs is 1. The summed E-state index contributed by atoms with van der Waals surface area (Å²) in [6.07, 6.45) is 0. The number of nitrogen functional groups attached to an aromatic ring is 1. The van der Waals surface area contributed by atoms with Gasteiger partial charge in [-0.2, -0.15) is 5.26 Å². The fourth-order valence-corrected chi connectivity index (χ4v) is 4.55. The summed E-state index contributed by atoms with van der Waals surface area (Å²) in [5, 5.41) is 12.9. The third-order valence-corrected chi connectivity index (χ3v) is 6.42. The molecular formula is C18H16ClN5OS2. The number of thioether (sulfide) groups is 1. The smallest absolute Gasteiger partial charge is 0.237 e. The van der Waals surface area contributed by atoms with Crippen LogP contribution in [0.25, 0.3) is 10.2 Å². The number of nitrogens with two attached hydrogens (primary N) is 1. The number of thiophene rings is 1. The molecule has 0 saturated carbocycles. The van der Waals surface area contributed by atoms with E-state index in [1.54, 1.807) is 36.5 Å². The molecule has 0 bridgehead atoms. The predicted octanol–water partition coefficient (Wildman–Crippen LogP) is 4.53. The third kappa shape index (κ3) is 4.00. The minimum atomic E-state index is -0.446. The highest BCUT2D eigenvalue weighted by Gasteiger charge is 2.19. The Morgan fingerprint density at radius 2 is 2.15 bits per heavy atom. The first-order valence-corrected chi connectivity index (χ1v) is 10.1. The van der Waals surface area contributed by atoms with Gasteiger partial charge < -0.3 is 11.1 Å². The number of amides is 1. The van der Waals surface area contributed by atoms with E-state index in [9.17, 15) is 4.79 Å². The van der Waals surface area contributed by atoms with Crippen molar-refractivity contribution in [3.63, 3.8) is 0 Å². The molecule has 0 aliphatic carbocycles. The summed E-state index contributed by atoms with van der Waals surface area (Å²) >= 11 is 8.80. The van der Waals surface area contributed by atoms with Crippen LogP contribution in [0.15, 0.2) is 23.4 Å². The third-order valence-electron chi connectivity index (χ3n) is 4.04. The van der Waals surface area contributed by atoms with E-state index in [2.05, 4.69) is 15.3 Å². The highest BCUT2D eigenvalue weighted by molar-refractivity contribution is 8.00. The summed E-state index contributed by atoms with van der Waals surface area (Å²) in [5.74, 6) is 0.206. The molecule has 3 aromatic rings. The zero-order chi connectivity index (χ0) is 19.7. The number of anilines is 2. The number of halogens is 1. The Balaban J connectivity index is 1.76. The van der Waals surface area contributed by atoms with Crippen LogP contribution in [0.5, 0.6) is 0 Å². The zero-order valence-electron chi connectivity index (χ0n) is 14.8. The van der Waals surface area contributed by atoms with Crippen molar-refractivity contribution in [1.29, 1.82) is 5.26 Å². The van der Waals surface area contributed by atoms with Crippen molar-refractivity contribution in [2.75, 3.05) is 11.1 Å². The Morgan fingerprint density at radius 1 is 1.41 bits per heavy atom. The molecular weight excluding hydrogens is 402 g/mol. The number of nitriles is 1. The number of aromatic nitrogens is 2. The molecule has 1 aromatic carbocycles. The van der Waals surface area contributed by atoms with Crippen LogP contribution in [0.4, 0.5) is 11.5 Å². The van der Waals surface area contributed by atoms with Crippen LogP contribution in [-0.4, -0.2) is 21.1 Å². The largest absolute Gasteiger partial charge is 0.383 e. The molecule has 3 rings (SSSR count). The molecule has 9 heteroatoms. The van der Waals surface area contributed by atoms with E-state index in [4.69, 9.17) is 22.6 Å². The summed E-state index contributed by atoms with van der Waals surface area (Å²) in [4.78, 5) is 23.3. The topological polar surface area (TPSA) is 105 Å². The van der Waals surface area contributed by atoms with Gasteiger partial charge >= 0.3 is 0 Å². The molecule has 6 nitrogen and oxygen atoms in total. The second-order valence-electron chi connectivity index (χ2n) is 5.91. The first-order chi connectivity index (χ1) is 12.8. The molecule has 2 aromatic heterocycles. The highest BCUT2D eigenvalue weighted by atomic mass is 35.5. The normalized spacial score (nSPS) is 12.0. The lowest BCUT2D eigenvalue weighted by Crippen LogP contribution is -2.22. The summed E-state index contributed by atoms with van der Waals surface area (Å²) in [6, 6.07) is 6.73. The number of hydrogen-bond donors (Lipinski definition) is 2. The van der Waals surface area contributed by atoms with Gasteiger partial charge in [0, 0.05) is 10.6 Å². The Hall–Kier alpha value is -2.34. The van der Waals surface area contributed by atoms with E-state index in [-0.39, 0.29) is 5.91 Å². The minimum absolute atomic E-state index is 0.221. The molecule has 1 amide bonds. The second-order valence-corrected chi connectivity index (χ2v) is 8.83. The van der Waals surface area contributed by atoms with Gasteiger partial charge in [0.15, 0.2) is 5.16 Å². The molecule has 0 fully saturated rings. The van der Waals surface area contributed by atoms with E-state index < -0.39 is 5.25 Å². The lowest BCUT2D eigenvalue weighted by atomic mass is 10.2. The quantitative estimate of drug-likeness (QED) is 0.477. The zero-order valence-corrected chi connectivity index (χ0v) is 17.2. The summed E-state index contributed by atoms with van der Waals surface area (Å²) in [6.45, 7) is 5.78. The Kier molecular flexibility index (Phi) is 5.56. The van der Waals surface area contributed by atoms with Gasteiger partial charge in [0.2, 0.25) is 5.91 Å². The number of rotatable bonds is 4. The van der Waals surface area contributed by atoms with Crippen molar-refractivity contribution in [2.45, 2.75) is 31.2 Å². The molecule has 0 saturated heterocycles. The molecule has 1 atom stereocenters. The summed E-state index contributed by atoms with van der Waals surface area (Å²) in [5.41, 5.74) is 8.06. The SMILES string of the molecule is Cc1sc2nc(SC(C)C(=O)Nc3ccc(C#N)c(Cl)c3)nc(N)c2c1C. The number of benzene rings is 1. The molecule has 0 aliphatic rings. The molecule has 27 heavy (non-hydrogen) atoms. The van der Waals surface area contributed by atoms with Crippen molar-refractivity contribution in [3.05, 3.63) is 39.2 Å². The van der Waals surface area contributed by atoms with Crippen molar-refractivity contribution in [1.82, 2.24) is 9.97 Å². The Morgan fingerprint density at radius 3 is 2.81 bits per heavy atom. The van der Waals surface area contributed by atoms with Crippen LogP contribution in [0, 0.1) is 25.2 Å². The number of nitrogens with zero attached hydrogens (tertiary/aromatic N) is 3. The van der Waals surface area contributed by atoms with Crippen LogP contribution in [0.2, 0.25) is 5.02 Å². The van der Waals surface area contributed by atoms with Crippen molar-refractivity contribution in [3.8, 4) is 6.07 Å². The van der Waals surface area contributed by atoms with Crippen LogP contribution in [-0.2, 0) is 4.79 Å². The van der Waals surface area contributed by atoms with Gasteiger partial charge in [-0.1, -0.05) is 23.4 Å². The van der Waals surface area contributed by atoms with Crippen molar-refractivity contribution < 1.29 is 4.79 Å². The molecule has 138 valence electrons. The lowest BCUT2D eigenvalue weighted by molar-refractivity contribution is -0.115. The standard InChI is InChI=1S/C18H16ClN5OS2/c1-8-9(2)26-17-14(8)15(21)23-18(24-17)27-10(3)16(25)22-12-5-4-11(7-20)13(19)6-12/h4-6,10H,1-3H3,(H,22,25)(H2,21,23,24). The van der Waals surface area contributed by atoms with Gasteiger partial charge in [0.25, 0.3) is 0 Å². The monoisotopic (exact) mass is 417 g/mol. The van der Waals surface area contributed by atoms with Crippen LogP contribution < -0.4 is 11.1 Å². The van der Waals surface area contributed by atoms with E-state index in [1.807, 2.05) is 19.9 Å². The van der Waals surface area contributed by atoms with Crippen molar-refractivity contribution >= 4 is 62.3 Å². The molecule has 3 N–H and O–H groups in total. The fourth-order valence-electron chi connectivity index (χ4n) is 2.45. The van der Waals surface area contributed by atoms with E-state index >= 15 is 0 Å². The lowest BCUT2D eigenvalue weighted by Gasteiger charge is -2.12. The summed E-state index contributed by atoms with van der Waals surface area (Å²) in [7, 11) is 0. The molecule has 0 spiro atoms. The Bertz CT molecular complexity index is 1090. The minimum Gasteiger partial charge on any atom is -0.383 e. The predicted molar refractivity (Wildman–Crippen MR) is 111 cm³/mol. The maximum atomic E-state index is 12.5. The second kappa shape index (κ2) is 7.72. The average molecular weight is 418 g/mol. The fraction of sp³-hybridized carbons (Fsp3) is 0.222. The highest BCUT2D eigenvalue weighted by Crippen LogP contribution is 2.34. The molecule has 1 unspecified atom stereocenters. The number of nitrogens with one attached hydrogen (secondary N) is 1. The summed E-state index contributed by atoms with van der Waals surface area (Å²) < 4.78 is 0. The molecule has 0 radical (unpaired) electrons. The number of carbonyl (C=O) groups is 1. The van der Waals surface area contributed by atoms with Crippen LogP contribution >= 0.6 is 34.7 Å². The first kappa shape index (κ1) is 19.4. The van der Waals surface area contributed by atoms with Gasteiger partial charge in [0.1, 0.15) is 16.7 Å². The number of hydrogen-bond acceptors (Lipinski definition) is 7. The Labute approximate surface area is 169 Å². The van der Waals surface area contributed by atoms with Gasteiger partial charge in [-0.15, -0.1) is 11.3 Å².